The molecule has 1 aromatic heterocycles. The van der Waals surface area contributed by atoms with E-state index in [4.69, 9.17) is 5.84 Å². The number of aromatic nitrogens is 2. The van der Waals surface area contributed by atoms with E-state index in [1.165, 1.54) is 0 Å². The Morgan fingerprint density at radius 3 is 2.53 bits per heavy atom. The van der Waals surface area contributed by atoms with E-state index in [0.717, 1.165) is 12.8 Å². The topological polar surface area (TPSA) is 75.9 Å². The summed E-state index contributed by atoms with van der Waals surface area (Å²) in [5.74, 6) is 7.32. The number of alkyl halides is 3. The summed E-state index contributed by atoms with van der Waals surface area (Å²) in [4.78, 5) is 8.49. The summed E-state index contributed by atoms with van der Waals surface area (Å²) in [5.41, 5.74) is 2.43. The van der Waals surface area contributed by atoms with Crippen LogP contribution in [0.15, 0.2) is 6.07 Å². The lowest BCUT2D eigenvalue weighted by atomic mass is 10.3. The maximum absolute atomic E-state index is 12.0. The first-order valence-corrected chi connectivity index (χ1v) is 6.14. The van der Waals surface area contributed by atoms with Gasteiger partial charge in [0, 0.05) is 24.9 Å². The van der Waals surface area contributed by atoms with Gasteiger partial charge < -0.3 is 10.7 Å². The molecule has 0 saturated heterocycles. The van der Waals surface area contributed by atoms with E-state index in [0.29, 0.717) is 23.4 Å². The molecule has 0 atom stereocenters. The number of hydrazine groups is 1. The van der Waals surface area contributed by atoms with Crippen molar-refractivity contribution in [1.82, 2.24) is 9.97 Å². The van der Waals surface area contributed by atoms with Crippen LogP contribution in [0.1, 0.15) is 37.4 Å². The summed E-state index contributed by atoms with van der Waals surface area (Å²) < 4.78 is 36.0. The van der Waals surface area contributed by atoms with Gasteiger partial charge in [-0.2, -0.15) is 13.2 Å². The average molecular weight is 275 g/mol. The molecular weight excluding hydrogens is 259 g/mol. The van der Waals surface area contributed by atoms with Crippen LogP contribution in [0.3, 0.4) is 0 Å². The van der Waals surface area contributed by atoms with Gasteiger partial charge in [-0.1, -0.05) is 0 Å². The van der Waals surface area contributed by atoms with Gasteiger partial charge in [-0.25, -0.2) is 15.8 Å². The molecule has 0 bridgehead atoms. The molecule has 5 nitrogen and oxygen atoms in total. The van der Waals surface area contributed by atoms with Crippen molar-refractivity contribution in [1.29, 1.82) is 0 Å². The number of hydrogen-bond donors (Lipinski definition) is 3. The molecule has 19 heavy (non-hydrogen) atoms. The molecule has 4 N–H and O–H groups in total. The minimum absolute atomic E-state index is 0.0116. The number of nitrogens with two attached hydrogens (primary N) is 1. The Morgan fingerprint density at radius 2 is 1.95 bits per heavy atom. The fourth-order valence-electron chi connectivity index (χ4n) is 1.66. The SMILES string of the molecule is NNc1cc(NCCCC(F)(F)F)nc(C2CC2)n1. The number of anilines is 2. The molecule has 1 heterocycles. The number of hydrogen-bond acceptors (Lipinski definition) is 5. The number of rotatable bonds is 6. The predicted molar refractivity (Wildman–Crippen MR) is 65.6 cm³/mol. The summed E-state index contributed by atoms with van der Waals surface area (Å²) >= 11 is 0. The second-order valence-corrected chi connectivity index (χ2v) is 4.56. The van der Waals surface area contributed by atoms with Crippen LogP contribution in [0.4, 0.5) is 24.8 Å². The molecule has 2 rings (SSSR count). The average Bonchev–Trinajstić information content (AvgIpc) is 3.17. The first-order valence-electron chi connectivity index (χ1n) is 6.14. The second kappa shape index (κ2) is 5.60. The quantitative estimate of drug-likeness (QED) is 0.422. The maximum atomic E-state index is 12.0. The summed E-state index contributed by atoms with van der Waals surface area (Å²) in [6.45, 7) is 0.213. The zero-order valence-corrected chi connectivity index (χ0v) is 10.3. The van der Waals surface area contributed by atoms with Crippen LogP contribution >= 0.6 is 0 Å². The molecule has 1 aromatic rings. The molecule has 0 unspecified atom stereocenters. The van der Waals surface area contributed by atoms with Crippen molar-refractivity contribution in [2.45, 2.75) is 37.8 Å². The zero-order chi connectivity index (χ0) is 13.9. The normalized spacial score (nSPS) is 15.4. The van der Waals surface area contributed by atoms with Crippen LogP contribution in [0.5, 0.6) is 0 Å². The number of nitrogens with zero attached hydrogens (tertiary/aromatic N) is 2. The largest absolute Gasteiger partial charge is 0.389 e. The Kier molecular flexibility index (Phi) is 4.08. The van der Waals surface area contributed by atoms with Crippen molar-refractivity contribution >= 4 is 11.6 Å². The van der Waals surface area contributed by atoms with Gasteiger partial charge in [-0.05, 0) is 19.3 Å². The highest BCUT2D eigenvalue weighted by molar-refractivity contribution is 5.47. The zero-order valence-electron chi connectivity index (χ0n) is 10.3. The molecule has 0 aliphatic heterocycles. The van der Waals surface area contributed by atoms with Crippen LogP contribution in [0, 0.1) is 0 Å². The third-order valence-corrected chi connectivity index (χ3v) is 2.78. The molecule has 8 heteroatoms. The number of nitrogen functional groups attached to an aromatic ring is 1. The molecule has 0 spiro atoms. The van der Waals surface area contributed by atoms with Gasteiger partial charge in [0.05, 0.1) is 0 Å². The van der Waals surface area contributed by atoms with Crippen molar-refractivity contribution in [3.8, 4) is 0 Å². The smallest absolute Gasteiger partial charge is 0.370 e. The van der Waals surface area contributed by atoms with Crippen LogP contribution in [-0.4, -0.2) is 22.7 Å². The third kappa shape index (κ3) is 4.55. The van der Waals surface area contributed by atoms with Gasteiger partial charge in [-0.15, -0.1) is 0 Å². The highest BCUT2D eigenvalue weighted by Gasteiger charge is 2.28. The second-order valence-electron chi connectivity index (χ2n) is 4.56. The summed E-state index contributed by atoms with van der Waals surface area (Å²) in [6.07, 6.45) is -2.82. The van der Waals surface area contributed by atoms with Crippen molar-refractivity contribution in [3.05, 3.63) is 11.9 Å². The lowest BCUT2D eigenvalue weighted by Crippen LogP contribution is -2.14. The van der Waals surface area contributed by atoms with E-state index in [-0.39, 0.29) is 13.0 Å². The van der Waals surface area contributed by atoms with E-state index < -0.39 is 12.6 Å². The van der Waals surface area contributed by atoms with E-state index in [1.54, 1.807) is 6.07 Å². The van der Waals surface area contributed by atoms with Gasteiger partial charge in [0.25, 0.3) is 0 Å². The van der Waals surface area contributed by atoms with E-state index in [2.05, 4.69) is 20.7 Å². The summed E-state index contributed by atoms with van der Waals surface area (Å²) in [7, 11) is 0. The standard InChI is InChI=1S/C11H16F3N5/c12-11(13,14)4-1-5-16-8-6-9(19-15)18-10(17-8)7-2-3-7/h6-7H,1-5,15H2,(H2,16,17,18,19). The Hall–Kier alpha value is -1.57. The molecule has 1 saturated carbocycles. The lowest BCUT2D eigenvalue weighted by Gasteiger charge is -2.10. The molecular formula is C11H16F3N5. The fraction of sp³-hybridized carbons (Fsp3) is 0.636. The third-order valence-electron chi connectivity index (χ3n) is 2.78. The Labute approximate surface area is 108 Å². The minimum Gasteiger partial charge on any atom is -0.370 e. The molecule has 0 aromatic carbocycles. The van der Waals surface area contributed by atoms with Crippen LogP contribution in [0.25, 0.3) is 0 Å². The predicted octanol–water partition coefficient (Wildman–Crippen LogP) is 2.39. The van der Waals surface area contributed by atoms with E-state index in [9.17, 15) is 13.2 Å². The van der Waals surface area contributed by atoms with E-state index >= 15 is 0 Å². The first-order chi connectivity index (χ1) is 8.98. The number of nitrogens with one attached hydrogen (secondary N) is 2. The fourth-order valence-corrected chi connectivity index (χ4v) is 1.66. The van der Waals surface area contributed by atoms with Crippen LogP contribution in [0.2, 0.25) is 0 Å². The molecule has 1 aliphatic carbocycles. The minimum atomic E-state index is -4.11. The molecule has 1 fully saturated rings. The van der Waals surface area contributed by atoms with Gasteiger partial charge in [-0.3, -0.25) is 0 Å². The molecule has 106 valence electrons. The van der Waals surface area contributed by atoms with Crippen molar-refractivity contribution in [2.75, 3.05) is 17.3 Å². The van der Waals surface area contributed by atoms with Gasteiger partial charge >= 0.3 is 6.18 Å². The van der Waals surface area contributed by atoms with E-state index in [1.807, 2.05) is 0 Å². The lowest BCUT2D eigenvalue weighted by molar-refractivity contribution is -0.134. The van der Waals surface area contributed by atoms with Gasteiger partial charge in [0.2, 0.25) is 0 Å². The highest BCUT2D eigenvalue weighted by atomic mass is 19.4. The summed E-state index contributed by atoms with van der Waals surface area (Å²) in [5, 5.41) is 2.87. The Morgan fingerprint density at radius 1 is 1.26 bits per heavy atom. The van der Waals surface area contributed by atoms with Crippen molar-refractivity contribution in [3.63, 3.8) is 0 Å². The molecule has 1 aliphatic rings. The monoisotopic (exact) mass is 275 g/mol. The van der Waals surface area contributed by atoms with Crippen molar-refractivity contribution in [2.24, 2.45) is 5.84 Å². The maximum Gasteiger partial charge on any atom is 0.389 e. The molecule has 0 amide bonds. The van der Waals surface area contributed by atoms with Crippen molar-refractivity contribution < 1.29 is 13.2 Å². The van der Waals surface area contributed by atoms with Crippen LogP contribution in [-0.2, 0) is 0 Å². The number of halogens is 3. The highest BCUT2D eigenvalue weighted by Crippen LogP contribution is 2.38. The van der Waals surface area contributed by atoms with Gasteiger partial charge in [0.15, 0.2) is 0 Å². The molecule has 0 radical (unpaired) electrons. The van der Waals surface area contributed by atoms with Gasteiger partial charge in [0.1, 0.15) is 17.5 Å². The first kappa shape index (κ1) is 13.9. The Bertz CT molecular complexity index is 431. The Balaban J connectivity index is 1.90. The summed E-state index contributed by atoms with van der Waals surface area (Å²) in [6, 6.07) is 1.58. The van der Waals surface area contributed by atoms with Crippen LogP contribution < -0.4 is 16.6 Å².